The van der Waals surface area contributed by atoms with Gasteiger partial charge >= 0.3 is 68.9 Å². The Morgan fingerprint density at radius 1 is 0.600 bits per heavy atom. The van der Waals surface area contributed by atoms with Gasteiger partial charge in [-0.15, -0.1) is 0 Å². The average Bonchev–Trinajstić information content (AvgIpc) is 2.29. The molecule has 2 aromatic rings. The van der Waals surface area contributed by atoms with E-state index < -0.39 is 0 Å². The first-order valence-electron chi connectivity index (χ1n) is 4.73. The molecule has 0 radical (unpaired) electrons. The Hall–Kier alpha value is 0.232. The first kappa shape index (κ1) is 13.3. The molecule has 0 unspecified atom stereocenters. The summed E-state index contributed by atoms with van der Waals surface area (Å²) < 4.78 is 0. The molecule has 0 N–H and O–H groups in total. The molecule has 0 heterocycles. The third kappa shape index (κ3) is 4.72. The largest absolute Gasteiger partial charge is 1.00 e. The molecular weight excluding hydrogens is 301 g/mol. The van der Waals surface area contributed by atoms with E-state index in [1.165, 1.54) is 11.1 Å². The van der Waals surface area contributed by atoms with Crippen molar-refractivity contribution in [2.45, 2.75) is 0 Å². The zero-order chi connectivity index (χ0) is 9.64. The number of rotatable bonds is 2. The van der Waals surface area contributed by atoms with E-state index in [1.807, 2.05) is 36.4 Å². The molecule has 0 atom stereocenters. The van der Waals surface area contributed by atoms with Crippen LogP contribution in [0.4, 0.5) is 0 Å². The Balaban J connectivity index is 0.00000112. The van der Waals surface area contributed by atoms with Crippen molar-refractivity contribution >= 4 is 12.2 Å². The molecule has 0 saturated carbocycles. The second-order valence-electron chi connectivity index (χ2n) is 3.15. The normalized spacial score (nSPS) is 9.87. The van der Waals surface area contributed by atoms with Gasteiger partial charge in [0.1, 0.15) is 0 Å². The maximum absolute atomic E-state index is 2.12. The van der Waals surface area contributed by atoms with Crippen LogP contribution >= 0.6 is 0 Å². The number of hydrogen-bond donors (Lipinski definition) is 0. The Morgan fingerprint density at radius 3 is 1.27 bits per heavy atom. The van der Waals surface area contributed by atoms with Crippen LogP contribution in [0.1, 0.15) is 12.6 Å². The zero-order valence-electron chi connectivity index (χ0n) is 9.93. The first-order chi connectivity index (χ1) is 6.95. The van der Waals surface area contributed by atoms with E-state index in [0.717, 1.165) is 0 Å². The van der Waals surface area contributed by atoms with Crippen molar-refractivity contribution in [3.8, 4) is 0 Å². The predicted molar refractivity (Wildman–Crippen MR) is 62.9 cm³/mol. The van der Waals surface area contributed by atoms with E-state index in [4.69, 9.17) is 0 Å². The van der Waals surface area contributed by atoms with Gasteiger partial charge in [-0.25, -0.2) is 0 Å². The van der Waals surface area contributed by atoms with Gasteiger partial charge in [-0.05, 0) is 11.1 Å². The number of benzene rings is 2. The Labute approximate surface area is 151 Å². The van der Waals surface area contributed by atoms with E-state index in [1.54, 1.807) is 0 Å². The van der Waals surface area contributed by atoms with Crippen molar-refractivity contribution in [3.05, 3.63) is 71.8 Å². The third-order valence-electron chi connectivity index (χ3n) is 2.07. The number of hydrogen-bond acceptors (Lipinski definition) is 0. The van der Waals surface area contributed by atoms with Crippen LogP contribution in [0.3, 0.4) is 0 Å². The van der Waals surface area contributed by atoms with Crippen LogP contribution in [0.2, 0.25) is 0 Å². The van der Waals surface area contributed by atoms with Crippen molar-refractivity contribution in [2.24, 2.45) is 0 Å². The van der Waals surface area contributed by atoms with E-state index in [-0.39, 0.29) is 70.3 Å². The van der Waals surface area contributed by atoms with Crippen LogP contribution in [0.5, 0.6) is 0 Å². The summed E-state index contributed by atoms with van der Waals surface area (Å²) in [6.45, 7) is 0. The van der Waals surface area contributed by atoms with E-state index >= 15 is 0 Å². The smallest absolute Gasteiger partial charge is 1.00 e. The monoisotopic (exact) mass is 314 g/mol. The topological polar surface area (TPSA) is 0 Å². The van der Waals surface area contributed by atoms with Crippen LogP contribution in [0.25, 0.3) is 12.2 Å². The van der Waals surface area contributed by atoms with Gasteiger partial charge in [0.05, 0.1) is 0 Å². The zero-order valence-corrected chi connectivity index (χ0v) is 15.2. The summed E-state index contributed by atoms with van der Waals surface area (Å²) in [7, 11) is 0. The fourth-order valence-electron chi connectivity index (χ4n) is 1.32. The molecule has 2 aromatic carbocycles. The van der Waals surface area contributed by atoms with E-state index in [2.05, 4.69) is 36.4 Å². The van der Waals surface area contributed by atoms with E-state index in [9.17, 15) is 0 Å². The Kier molecular flexibility index (Phi) is 6.65. The summed E-state index contributed by atoms with van der Waals surface area (Å²) in [5, 5.41) is 0. The Morgan fingerprint density at radius 2 is 0.933 bits per heavy atom. The third-order valence-corrected chi connectivity index (χ3v) is 2.07. The van der Waals surface area contributed by atoms with Crippen LogP contribution in [0.15, 0.2) is 60.7 Å². The minimum atomic E-state index is 0. The molecule has 2 rings (SSSR count). The van der Waals surface area contributed by atoms with Crippen molar-refractivity contribution in [1.29, 1.82) is 0 Å². The second-order valence-corrected chi connectivity index (χ2v) is 3.15. The molecule has 0 spiro atoms. The molecule has 0 aromatic heterocycles. The van der Waals surface area contributed by atoms with Crippen LogP contribution < -0.4 is 68.9 Å². The fourth-order valence-corrected chi connectivity index (χ4v) is 1.32. The van der Waals surface area contributed by atoms with Crippen LogP contribution in [0, 0.1) is 0 Å². The van der Waals surface area contributed by atoms with Crippen molar-refractivity contribution in [3.63, 3.8) is 0 Å². The molecule has 15 heavy (non-hydrogen) atoms. The molecule has 0 fully saturated rings. The van der Waals surface area contributed by atoms with Gasteiger partial charge in [0.25, 0.3) is 0 Å². The minimum Gasteiger partial charge on any atom is -1.00 e. The standard InChI is InChI=1S/C14H12.Cs.H/c1-3-7-13(8-4-1)11-12-14-9-5-2-6-10-14;;/h1-12H;;/q;+1;-1. The van der Waals surface area contributed by atoms with Crippen molar-refractivity contribution in [1.82, 2.24) is 0 Å². The summed E-state index contributed by atoms with van der Waals surface area (Å²) in [6, 6.07) is 20.6. The van der Waals surface area contributed by atoms with Gasteiger partial charge in [0, 0.05) is 0 Å². The molecule has 0 saturated heterocycles. The van der Waals surface area contributed by atoms with Gasteiger partial charge in [-0.2, -0.15) is 0 Å². The summed E-state index contributed by atoms with van der Waals surface area (Å²) >= 11 is 0. The van der Waals surface area contributed by atoms with Gasteiger partial charge in [-0.1, -0.05) is 72.8 Å². The van der Waals surface area contributed by atoms with Gasteiger partial charge < -0.3 is 1.43 Å². The maximum Gasteiger partial charge on any atom is 1.00 e. The summed E-state index contributed by atoms with van der Waals surface area (Å²) in [5.74, 6) is 0. The fraction of sp³-hybridized carbons (Fsp3) is 0. The molecule has 0 aliphatic rings. The summed E-state index contributed by atoms with van der Waals surface area (Å²) in [5.41, 5.74) is 2.47. The van der Waals surface area contributed by atoms with Crippen LogP contribution in [-0.2, 0) is 0 Å². The van der Waals surface area contributed by atoms with Crippen molar-refractivity contribution < 1.29 is 70.3 Å². The summed E-state index contributed by atoms with van der Waals surface area (Å²) in [6.07, 6.45) is 4.24. The molecule has 0 aliphatic heterocycles. The molecule has 0 nitrogen and oxygen atoms in total. The molecule has 1 heteroatoms. The average molecular weight is 314 g/mol. The predicted octanol–water partition coefficient (Wildman–Crippen LogP) is 0.974. The SMILES string of the molecule is C(=Cc1ccccc1)c1ccccc1.[Cs+].[H-]. The van der Waals surface area contributed by atoms with Crippen LogP contribution in [-0.4, -0.2) is 0 Å². The summed E-state index contributed by atoms with van der Waals surface area (Å²) in [4.78, 5) is 0. The second kappa shape index (κ2) is 7.50. The Bertz CT molecular complexity index is 368. The molecule has 0 bridgehead atoms. The van der Waals surface area contributed by atoms with Crippen molar-refractivity contribution in [2.75, 3.05) is 0 Å². The van der Waals surface area contributed by atoms with E-state index in [0.29, 0.717) is 0 Å². The molecule has 0 aliphatic carbocycles. The minimum absolute atomic E-state index is 0. The molecule has 70 valence electrons. The molecule has 0 amide bonds. The van der Waals surface area contributed by atoms with Gasteiger partial charge in [0.15, 0.2) is 0 Å². The maximum atomic E-state index is 2.12. The quantitative estimate of drug-likeness (QED) is 0.725. The van der Waals surface area contributed by atoms with Gasteiger partial charge in [0.2, 0.25) is 0 Å². The van der Waals surface area contributed by atoms with Gasteiger partial charge in [-0.3, -0.25) is 0 Å². The first-order valence-corrected chi connectivity index (χ1v) is 4.73. The molecular formula is C14H13Cs.